The zero-order chi connectivity index (χ0) is 17.4. The summed E-state index contributed by atoms with van der Waals surface area (Å²) in [6, 6.07) is 6.51. The van der Waals surface area contributed by atoms with Gasteiger partial charge in [0.15, 0.2) is 0 Å². The Balaban J connectivity index is 1.39. The summed E-state index contributed by atoms with van der Waals surface area (Å²) in [5, 5.41) is 19.1. The molecule has 0 fully saturated rings. The minimum atomic E-state index is 0.339. The van der Waals surface area contributed by atoms with Gasteiger partial charge in [0, 0.05) is 34.9 Å². The van der Waals surface area contributed by atoms with E-state index >= 15 is 0 Å². The molecule has 3 aromatic rings. The Labute approximate surface area is 148 Å². The van der Waals surface area contributed by atoms with Crippen molar-refractivity contribution in [3.63, 3.8) is 0 Å². The third kappa shape index (κ3) is 3.29. The molecule has 1 aromatic carbocycles. The number of fused-ring (bicyclic) bond motifs is 3. The molecule has 2 aromatic heterocycles. The van der Waals surface area contributed by atoms with Gasteiger partial charge in [0.05, 0.1) is 6.20 Å². The topological polar surface area (TPSA) is 65.9 Å². The molecule has 25 heavy (non-hydrogen) atoms. The Morgan fingerprint density at radius 1 is 1.40 bits per heavy atom. The molecule has 0 spiro atoms. The summed E-state index contributed by atoms with van der Waals surface area (Å²) >= 11 is 0. The van der Waals surface area contributed by atoms with Gasteiger partial charge in [0.2, 0.25) is 0 Å². The van der Waals surface area contributed by atoms with E-state index in [0.29, 0.717) is 17.8 Å². The molecule has 0 radical (unpaired) electrons. The number of rotatable bonds is 5. The summed E-state index contributed by atoms with van der Waals surface area (Å²) in [6.45, 7) is 5.26. The molecule has 4 rings (SSSR count). The van der Waals surface area contributed by atoms with E-state index in [1.165, 1.54) is 22.2 Å². The van der Waals surface area contributed by atoms with Crippen LogP contribution in [0.25, 0.3) is 10.9 Å². The number of H-pyrrole nitrogens is 1. The molecule has 0 bridgehead atoms. The maximum absolute atomic E-state index is 9.79. The minimum absolute atomic E-state index is 0.339. The zero-order valence-electron chi connectivity index (χ0n) is 14.9. The highest BCUT2D eigenvalue weighted by molar-refractivity contribution is 5.86. The van der Waals surface area contributed by atoms with Gasteiger partial charge >= 0.3 is 0 Å². The van der Waals surface area contributed by atoms with E-state index in [1.54, 1.807) is 6.07 Å². The molecule has 1 aliphatic carbocycles. The van der Waals surface area contributed by atoms with Gasteiger partial charge in [-0.05, 0) is 75.4 Å². The van der Waals surface area contributed by atoms with Crippen LogP contribution < -0.4 is 5.32 Å². The molecule has 5 nitrogen and oxygen atoms in total. The number of hydrogen-bond acceptors (Lipinski definition) is 3. The van der Waals surface area contributed by atoms with Crippen molar-refractivity contribution in [2.75, 3.05) is 6.54 Å². The first-order valence-corrected chi connectivity index (χ1v) is 9.19. The molecule has 0 saturated heterocycles. The van der Waals surface area contributed by atoms with Crippen molar-refractivity contribution in [3.8, 4) is 5.75 Å². The number of phenolic OH excluding ortho intramolecular Hbond substituents is 1. The summed E-state index contributed by atoms with van der Waals surface area (Å²) in [7, 11) is 0. The summed E-state index contributed by atoms with van der Waals surface area (Å²) in [4.78, 5) is 3.51. The van der Waals surface area contributed by atoms with Gasteiger partial charge in [-0.3, -0.25) is 4.68 Å². The van der Waals surface area contributed by atoms with Crippen LogP contribution in [-0.2, 0) is 19.3 Å². The third-order valence-electron chi connectivity index (χ3n) is 5.20. The average Bonchev–Trinajstić information content (AvgIpc) is 3.19. The van der Waals surface area contributed by atoms with Gasteiger partial charge in [-0.2, -0.15) is 5.10 Å². The van der Waals surface area contributed by atoms with Gasteiger partial charge in [0.1, 0.15) is 5.75 Å². The van der Waals surface area contributed by atoms with Crippen LogP contribution >= 0.6 is 0 Å². The van der Waals surface area contributed by atoms with Crippen molar-refractivity contribution in [1.82, 2.24) is 20.1 Å². The van der Waals surface area contributed by atoms with E-state index in [4.69, 9.17) is 0 Å². The number of hydrogen-bond donors (Lipinski definition) is 3. The Morgan fingerprint density at radius 2 is 2.28 bits per heavy atom. The standard InChI is InChI=1S/C20H26N4O/c1-13(2)24-12-14(11-22-24)7-8-21-15-3-5-19-17(9-15)18-10-16(25)4-6-20(18)23-19/h4,6,10-13,15,21,23,25H,3,5,7-9H2,1-2H3. The van der Waals surface area contributed by atoms with Crippen LogP contribution in [0.2, 0.25) is 0 Å². The molecule has 0 aliphatic heterocycles. The first-order chi connectivity index (χ1) is 12.1. The first-order valence-electron chi connectivity index (χ1n) is 9.19. The molecule has 0 amide bonds. The summed E-state index contributed by atoms with van der Waals surface area (Å²) in [5.41, 5.74) is 5.11. The monoisotopic (exact) mass is 338 g/mol. The number of nitrogens with zero attached hydrogens (tertiary/aromatic N) is 2. The van der Waals surface area contributed by atoms with E-state index < -0.39 is 0 Å². The smallest absolute Gasteiger partial charge is 0.116 e. The predicted octanol–water partition coefficient (Wildman–Crippen LogP) is 3.34. The second-order valence-corrected chi connectivity index (χ2v) is 7.38. The summed E-state index contributed by atoms with van der Waals surface area (Å²) < 4.78 is 2.01. The van der Waals surface area contributed by atoms with Crippen molar-refractivity contribution in [2.24, 2.45) is 0 Å². The minimum Gasteiger partial charge on any atom is -0.508 e. The van der Waals surface area contributed by atoms with Crippen LogP contribution in [0.3, 0.4) is 0 Å². The predicted molar refractivity (Wildman–Crippen MR) is 100 cm³/mol. The van der Waals surface area contributed by atoms with E-state index in [9.17, 15) is 5.11 Å². The van der Waals surface area contributed by atoms with E-state index in [0.717, 1.165) is 37.7 Å². The van der Waals surface area contributed by atoms with Crippen molar-refractivity contribution in [1.29, 1.82) is 0 Å². The van der Waals surface area contributed by atoms with Crippen LogP contribution in [0.15, 0.2) is 30.6 Å². The van der Waals surface area contributed by atoms with Gasteiger partial charge in [0.25, 0.3) is 0 Å². The number of aromatic nitrogens is 3. The number of aryl methyl sites for hydroxylation is 1. The molecule has 1 atom stereocenters. The van der Waals surface area contributed by atoms with Crippen molar-refractivity contribution < 1.29 is 5.11 Å². The normalized spacial score (nSPS) is 17.3. The van der Waals surface area contributed by atoms with Crippen LogP contribution in [-0.4, -0.2) is 32.5 Å². The Morgan fingerprint density at radius 3 is 3.08 bits per heavy atom. The van der Waals surface area contributed by atoms with Gasteiger partial charge in [-0.1, -0.05) is 0 Å². The number of aromatic amines is 1. The highest BCUT2D eigenvalue weighted by Crippen LogP contribution is 2.31. The maximum Gasteiger partial charge on any atom is 0.116 e. The van der Waals surface area contributed by atoms with Gasteiger partial charge < -0.3 is 15.4 Å². The molecule has 3 N–H and O–H groups in total. The zero-order valence-corrected chi connectivity index (χ0v) is 14.9. The van der Waals surface area contributed by atoms with Crippen LogP contribution in [0, 0.1) is 0 Å². The Bertz CT molecular complexity index is 877. The molecule has 132 valence electrons. The average molecular weight is 338 g/mol. The van der Waals surface area contributed by atoms with E-state index in [-0.39, 0.29) is 0 Å². The Hall–Kier alpha value is -2.27. The maximum atomic E-state index is 9.79. The largest absolute Gasteiger partial charge is 0.508 e. The molecular weight excluding hydrogens is 312 g/mol. The lowest BCUT2D eigenvalue weighted by Gasteiger charge is -2.23. The third-order valence-corrected chi connectivity index (χ3v) is 5.20. The number of benzene rings is 1. The fraction of sp³-hybridized carbons (Fsp3) is 0.450. The molecule has 1 unspecified atom stereocenters. The first kappa shape index (κ1) is 16.2. The van der Waals surface area contributed by atoms with Gasteiger partial charge in [-0.25, -0.2) is 0 Å². The molecule has 5 heteroatoms. The lowest BCUT2D eigenvalue weighted by atomic mass is 9.91. The van der Waals surface area contributed by atoms with Crippen LogP contribution in [0.1, 0.15) is 43.1 Å². The second-order valence-electron chi connectivity index (χ2n) is 7.38. The number of aromatic hydroxyl groups is 1. The van der Waals surface area contributed by atoms with Crippen molar-refractivity contribution in [3.05, 3.63) is 47.4 Å². The quantitative estimate of drug-likeness (QED) is 0.668. The molecular formula is C20H26N4O. The molecule has 0 saturated carbocycles. The highest BCUT2D eigenvalue weighted by Gasteiger charge is 2.22. The summed E-state index contributed by atoms with van der Waals surface area (Å²) in [6.07, 6.45) is 8.36. The van der Waals surface area contributed by atoms with Crippen molar-refractivity contribution in [2.45, 2.75) is 51.6 Å². The lowest BCUT2D eigenvalue weighted by molar-refractivity contribution is 0.460. The SMILES string of the molecule is CC(C)n1cc(CCNC2CCc3[nH]c4ccc(O)cc4c3C2)cn1. The number of phenols is 1. The van der Waals surface area contributed by atoms with E-state index in [2.05, 4.69) is 35.4 Å². The molecule has 2 heterocycles. The van der Waals surface area contributed by atoms with Gasteiger partial charge in [-0.15, -0.1) is 0 Å². The van der Waals surface area contributed by atoms with Crippen molar-refractivity contribution >= 4 is 10.9 Å². The van der Waals surface area contributed by atoms with Crippen LogP contribution in [0.4, 0.5) is 0 Å². The highest BCUT2D eigenvalue weighted by atomic mass is 16.3. The lowest BCUT2D eigenvalue weighted by Crippen LogP contribution is -2.35. The van der Waals surface area contributed by atoms with Crippen LogP contribution in [0.5, 0.6) is 5.75 Å². The van der Waals surface area contributed by atoms with E-state index in [1.807, 2.05) is 23.0 Å². The number of nitrogens with one attached hydrogen (secondary N) is 2. The fourth-order valence-corrected chi connectivity index (χ4v) is 3.79. The summed E-state index contributed by atoms with van der Waals surface area (Å²) in [5.74, 6) is 0.339. The molecule has 1 aliphatic rings. The Kier molecular flexibility index (Phi) is 4.25. The fourth-order valence-electron chi connectivity index (χ4n) is 3.79. The second kappa shape index (κ2) is 6.56.